The van der Waals surface area contributed by atoms with Crippen LogP contribution in [0.4, 0.5) is 0 Å². The predicted molar refractivity (Wildman–Crippen MR) is 66.5 cm³/mol. The molecule has 0 aromatic heterocycles. The summed E-state index contributed by atoms with van der Waals surface area (Å²) in [6, 6.07) is 4.82. The van der Waals surface area contributed by atoms with Crippen LogP contribution < -0.4 is 16.6 Å². The monoisotopic (exact) mass is 307 g/mol. The van der Waals surface area contributed by atoms with Crippen molar-refractivity contribution >= 4 is 50.8 Å². The molecule has 1 aromatic rings. The summed E-state index contributed by atoms with van der Waals surface area (Å²) < 4.78 is 0.595. The molecule has 1 aromatic carbocycles. The Bertz CT molecular complexity index is 413. The molecule has 1 rings (SSSR count). The Morgan fingerprint density at radius 1 is 1.47 bits per heavy atom. The van der Waals surface area contributed by atoms with Gasteiger partial charge in [0.05, 0.1) is 5.56 Å². The number of rotatable bonds is 1. The minimum atomic E-state index is -0.355. The third kappa shape index (κ3) is 3.65. The van der Waals surface area contributed by atoms with Crippen molar-refractivity contribution in [1.29, 1.82) is 0 Å². The van der Waals surface area contributed by atoms with E-state index in [1.165, 1.54) is 0 Å². The van der Waals surface area contributed by atoms with E-state index in [4.69, 9.17) is 17.3 Å². The third-order valence-electron chi connectivity index (χ3n) is 1.47. The number of hydrogen-bond donors (Lipinski definition) is 3. The standard InChI is InChI=1S/C8H7BrClN3OS/c9-6-3-4(10)1-2-5(6)7(14)12-13-8(11)15/h1-3H,(H,12,14)(H3,11,13,15). The molecule has 0 aliphatic carbocycles. The molecule has 0 aliphatic heterocycles. The number of carbonyl (C=O) groups is 1. The number of thiocarbonyl (C=S) groups is 1. The molecule has 1 amide bonds. The lowest BCUT2D eigenvalue weighted by Crippen LogP contribution is -2.44. The summed E-state index contributed by atoms with van der Waals surface area (Å²) in [6.45, 7) is 0. The zero-order chi connectivity index (χ0) is 11.4. The van der Waals surface area contributed by atoms with Crippen molar-refractivity contribution < 1.29 is 4.79 Å². The molecule has 15 heavy (non-hydrogen) atoms. The maximum Gasteiger partial charge on any atom is 0.270 e. The van der Waals surface area contributed by atoms with Gasteiger partial charge in [-0.15, -0.1) is 0 Å². The average molecular weight is 309 g/mol. The topological polar surface area (TPSA) is 67.2 Å². The zero-order valence-corrected chi connectivity index (χ0v) is 10.5. The molecular formula is C8H7BrClN3OS. The fourth-order valence-electron chi connectivity index (χ4n) is 0.859. The SMILES string of the molecule is NC(=S)NNC(=O)c1ccc(Cl)cc1Br. The Morgan fingerprint density at radius 2 is 2.13 bits per heavy atom. The number of nitrogens with two attached hydrogens (primary N) is 1. The Labute approximate surface area is 105 Å². The van der Waals surface area contributed by atoms with E-state index in [9.17, 15) is 4.79 Å². The van der Waals surface area contributed by atoms with E-state index >= 15 is 0 Å². The molecule has 0 fully saturated rings. The molecule has 0 saturated heterocycles. The molecule has 0 atom stereocenters. The van der Waals surface area contributed by atoms with Gasteiger partial charge < -0.3 is 5.73 Å². The minimum absolute atomic E-state index is 0.00608. The van der Waals surface area contributed by atoms with E-state index in [-0.39, 0.29) is 11.0 Å². The molecule has 7 heteroatoms. The number of hydrogen-bond acceptors (Lipinski definition) is 2. The Hall–Kier alpha value is -0.850. The lowest BCUT2D eigenvalue weighted by atomic mass is 10.2. The Morgan fingerprint density at radius 3 is 2.67 bits per heavy atom. The van der Waals surface area contributed by atoms with Gasteiger partial charge in [0.2, 0.25) is 0 Å². The Kier molecular flexibility index (Phi) is 4.31. The molecule has 0 unspecified atom stereocenters. The first-order chi connectivity index (χ1) is 7.00. The van der Waals surface area contributed by atoms with Crippen LogP contribution in [0.25, 0.3) is 0 Å². The van der Waals surface area contributed by atoms with Crippen molar-refractivity contribution in [3.8, 4) is 0 Å². The van der Waals surface area contributed by atoms with Gasteiger partial charge in [-0.2, -0.15) is 0 Å². The molecular weight excluding hydrogens is 302 g/mol. The summed E-state index contributed by atoms with van der Waals surface area (Å²) >= 11 is 13.5. The van der Waals surface area contributed by atoms with Crippen LogP contribution in [0, 0.1) is 0 Å². The Balaban J connectivity index is 2.78. The van der Waals surface area contributed by atoms with Crippen molar-refractivity contribution in [1.82, 2.24) is 10.9 Å². The minimum Gasteiger partial charge on any atom is -0.375 e. The molecule has 0 radical (unpaired) electrons. The quantitative estimate of drug-likeness (QED) is 0.544. The normalized spacial score (nSPS) is 9.47. The van der Waals surface area contributed by atoms with Crippen LogP contribution in [0.5, 0.6) is 0 Å². The zero-order valence-electron chi connectivity index (χ0n) is 7.38. The third-order valence-corrected chi connectivity index (χ3v) is 2.47. The maximum atomic E-state index is 11.5. The van der Waals surface area contributed by atoms with E-state index in [0.29, 0.717) is 15.1 Å². The molecule has 0 heterocycles. The molecule has 80 valence electrons. The van der Waals surface area contributed by atoms with Crippen LogP contribution in [0.3, 0.4) is 0 Å². The van der Waals surface area contributed by atoms with Crippen molar-refractivity contribution in [2.45, 2.75) is 0 Å². The highest BCUT2D eigenvalue weighted by atomic mass is 79.9. The number of benzene rings is 1. The van der Waals surface area contributed by atoms with Gasteiger partial charge in [0.1, 0.15) is 0 Å². The van der Waals surface area contributed by atoms with Gasteiger partial charge in [0, 0.05) is 9.50 Å². The summed E-state index contributed by atoms with van der Waals surface area (Å²) in [7, 11) is 0. The highest BCUT2D eigenvalue weighted by Gasteiger charge is 2.09. The van der Waals surface area contributed by atoms with E-state index in [1.807, 2.05) is 0 Å². The van der Waals surface area contributed by atoms with E-state index in [1.54, 1.807) is 18.2 Å². The number of halogens is 2. The van der Waals surface area contributed by atoms with Crippen LogP contribution in [0.1, 0.15) is 10.4 Å². The van der Waals surface area contributed by atoms with Gasteiger partial charge in [-0.3, -0.25) is 15.6 Å². The summed E-state index contributed by atoms with van der Waals surface area (Å²) in [4.78, 5) is 11.5. The van der Waals surface area contributed by atoms with Crippen LogP contribution in [0.2, 0.25) is 5.02 Å². The molecule has 4 nitrogen and oxygen atoms in total. The van der Waals surface area contributed by atoms with Crippen LogP contribution in [-0.2, 0) is 0 Å². The van der Waals surface area contributed by atoms with Crippen molar-refractivity contribution in [2.24, 2.45) is 5.73 Å². The number of hydrazine groups is 1. The first-order valence-electron chi connectivity index (χ1n) is 3.81. The first kappa shape index (κ1) is 12.2. The highest BCUT2D eigenvalue weighted by molar-refractivity contribution is 9.10. The predicted octanol–water partition coefficient (Wildman–Crippen LogP) is 1.58. The summed E-state index contributed by atoms with van der Waals surface area (Å²) in [5, 5.41) is 0.536. The van der Waals surface area contributed by atoms with Gasteiger partial charge in [-0.1, -0.05) is 11.6 Å². The van der Waals surface area contributed by atoms with Gasteiger partial charge in [-0.05, 0) is 46.3 Å². The van der Waals surface area contributed by atoms with Crippen molar-refractivity contribution in [3.05, 3.63) is 33.3 Å². The second kappa shape index (κ2) is 5.29. The van der Waals surface area contributed by atoms with E-state index < -0.39 is 0 Å². The second-order valence-electron chi connectivity index (χ2n) is 2.57. The first-order valence-corrected chi connectivity index (χ1v) is 5.39. The van der Waals surface area contributed by atoms with Crippen LogP contribution in [0.15, 0.2) is 22.7 Å². The van der Waals surface area contributed by atoms with E-state index in [0.717, 1.165) is 0 Å². The molecule has 0 aliphatic rings. The molecule has 0 spiro atoms. The lowest BCUT2D eigenvalue weighted by molar-refractivity contribution is 0.0943. The van der Waals surface area contributed by atoms with Gasteiger partial charge in [0.25, 0.3) is 5.91 Å². The number of amides is 1. The molecule has 0 bridgehead atoms. The summed E-state index contributed by atoms with van der Waals surface area (Å²) in [5.41, 5.74) is 10.3. The summed E-state index contributed by atoms with van der Waals surface area (Å²) in [5.74, 6) is -0.355. The molecule has 0 saturated carbocycles. The largest absolute Gasteiger partial charge is 0.375 e. The second-order valence-corrected chi connectivity index (χ2v) is 4.30. The average Bonchev–Trinajstić information content (AvgIpc) is 2.14. The van der Waals surface area contributed by atoms with Crippen molar-refractivity contribution in [2.75, 3.05) is 0 Å². The smallest absolute Gasteiger partial charge is 0.270 e. The fraction of sp³-hybridized carbons (Fsp3) is 0. The van der Waals surface area contributed by atoms with Crippen LogP contribution in [-0.4, -0.2) is 11.0 Å². The van der Waals surface area contributed by atoms with Crippen molar-refractivity contribution in [3.63, 3.8) is 0 Å². The molecule has 4 N–H and O–H groups in total. The summed E-state index contributed by atoms with van der Waals surface area (Å²) in [6.07, 6.45) is 0. The van der Waals surface area contributed by atoms with Crippen LogP contribution >= 0.6 is 39.7 Å². The highest BCUT2D eigenvalue weighted by Crippen LogP contribution is 2.21. The van der Waals surface area contributed by atoms with Gasteiger partial charge in [0.15, 0.2) is 5.11 Å². The number of carbonyl (C=O) groups excluding carboxylic acids is 1. The number of nitrogens with one attached hydrogen (secondary N) is 2. The maximum absolute atomic E-state index is 11.5. The van der Waals surface area contributed by atoms with E-state index in [2.05, 4.69) is 39.0 Å². The fourth-order valence-corrected chi connectivity index (χ4v) is 1.77. The van der Waals surface area contributed by atoms with Gasteiger partial charge in [-0.25, -0.2) is 0 Å². The van der Waals surface area contributed by atoms with Gasteiger partial charge >= 0.3 is 0 Å². The lowest BCUT2D eigenvalue weighted by Gasteiger charge is -2.07.